The number of hydrogen-bond acceptors (Lipinski definition) is 4. The number of rotatable bonds is 8. The molecule has 1 rings (SSSR count). The highest BCUT2D eigenvalue weighted by atomic mass is 32.2. The Morgan fingerprint density at radius 2 is 1.84 bits per heavy atom. The number of sulfonamides is 1. The molecule has 0 aliphatic carbocycles. The Morgan fingerprint density at radius 1 is 1.21 bits per heavy atom. The molecule has 0 fully saturated rings. The Hall–Kier alpha value is -1.11. The summed E-state index contributed by atoms with van der Waals surface area (Å²) in [5, 5.41) is 9.00. The summed E-state index contributed by atoms with van der Waals surface area (Å²) in [6.07, 6.45) is 1.68. The second-order valence-electron chi connectivity index (χ2n) is 4.16. The first-order valence-electron chi connectivity index (χ1n) is 6.31. The first-order valence-corrected chi connectivity index (χ1v) is 7.75. The van der Waals surface area contributed by atoms with Crippen molar-refractivity contribution in [3.63, 3.8) is 0 Å². The second kappa shape index (κ2) is 7.47. The van der Waals surface area contributed by atoms with Crippen molar-refractivity contribution in [1.82, 2.24) is 4.31 Å². The third kappa shape index (κ3) is 4.19. The van der Waals surface area contributed by atoms with Crippen molar-refractivity contribution in [2.24, 2.45) is 0 Å². The maximum atomic E-state index is 12.4. The minimum atomic E-state index is -3.54. The molecule has 0 spiro atoms. The molecule has 19 heavy (non-hydrogen) atoms. The van der Waals surface area contributed by atoms with Crippen molar-refractivity contribution >= 4 is 10.0 Å². The summed E-state index contributed by atoms with van der Waals surface area (Å²) in [4.78, 5) is 0.220. The second-order valence-corrected chi connectivity index (χ2v) is 6.09. The van der Waals surface area contributed by atoms with Crippen molar-refractivity contribution in [3.8, 4) is 5.75 Å². The Labute approximate surface area is 114 Å². The van der Waals surface area contributed by atoms with Crippen LogP contribution in [0.15, 0.2) is 29.2 Å². The molecule has 0 bridgehead atoms. The number of unbranched alkanes of at least 4 members (excludes halogenated alkanes) is 1. The van der Waals surface area contributed by atoms with E-state index in [2.05, 4.69) is 0 Å². The molecule has 0 heterocycles. The minimum Gasteiger partial charge on any atom is -0.497 e. The third-order valence-electron chi connectivity index (χ3n) is 2.81. The molecule has 0 radical (unpaired) electrons. The van der Waals surface area contributed by atoms with Crippen molar-refractivity contribution in [3.05, 3.63) is 24.3 Å². The lowest BCUT2D eigenvalue weighted by molar-refractivity contribution is 0.252. The van der Waals surface area contributed by atoms with Crippen LogP contribution in [0.1, 0.15) is 19.8 Å². The van der Waals surface area contributed by atoms with Gasteiger partial charge in [0.15, 0.2) is 0 Å². The predicted molar refractivity (Wildman–Crippen MR) is 73.7 cm³/mol. The topological polar surface area (TPSA) is 66.8 Å². The van der Waals surface area contributed by atoms with Crippen LogP contribution in [-0.2, 0) is 10.0 Å². The number of aliphatic hydroxyl groups excluding tert-OH is 1. The van der Waals surface area contributed by atoms with Crippen LogP contribution >= 0.6 is 0 Å². The maximum absolute atomic E-state index is 12.4. The first kappa shape index (κ1) is 15.9. The van der Waals surface area contributed by atoms with Crippen molar-refractivity contribution in [2.75, 3.05) is 26.8 Å². The van der Waals surface area contributed by atoms with Gasteiger partial charge in [-0.1, -0.05) is 13.3 Å². The smallest absolute Gasteiger partial charge is 0.243 e. The van der Waals surface area contributed by atoms with Gasteiger partial charge >= 0.3 is 0 Å². The molecular formula is C13H21NO4S. The lowest BCUT2D eigenvalue weighted by Gasteiger charge is -2.21. The van der Waals surface area contributed by atoms with Crippen LogP contribution in [0.4, 0.5) is 0 Å². The molecule has 1 aromatic rings. The van der Waals surface area contributed by atoms with E-state index in [1.807, 2.05) is 6.92 Å². The zero-order chi connectivity index (χ0) is 14.3. The molecule has 1 aromatic carbocycles. The molecule has 0 saturated carbocycles. The summed E-state index contributed by atoms with van der Waals surface area (Å²) in [6, 6.07) is 6.27. The summed E-state index contributed by atoms with van der Waals surface area (Å²) < 4.78 is 31.1. The van der Waals surface area contributed by atoms with Gasteiger partial charge in [-0.25, -0.2) is 8.42 Å². The Balaban J connectivity index is 2.96. The van der Waals surface area contributed by atoms with E-state index in [-0.39, 0.29) is 18.0 Å². The number of nitrogens with zero attached hydrogens (tertiary/aromatic N) is 1. The van der Waals surface area contributed by atoms with Gasteiger partial charge in [0.2, 0.25) is 10.0 Å². The molecule has 0 atom stereocenters. The highest BCUT2D eigenvalue weighted by Gasteiger charge is 2.23. The maximum Gasteiger partial charge on any atom is 0.243 e. The fourth-order valence-electron chi connectivity index (χ4n) is 1.69. The standard InChI is InChI=1S/C13H21NO4S/c1-3-4-9-14(10-11-15)19(16,17)13-7-5-12(18-2)6-8-13/h5-8,15H,3-4,9-11H2,1-2H3. The number of benzene rings is 1. The van der Waals surface area contributed by atoms with Crippen LogP contribution in [0.3, 0.4) is 0 Å². The third-order valence-corrected chi connectivity index (χ3v) is 4.72. The van der Waals surface area contributed by atoms with Gasteiger partial charge in [-0.05, 0) is 30.7 Å². The van der Waals surface area contributed by atoms with Crippen LogP contribution in [0.5, 0.6) is 5.75 Å². The van der Waals surface area contributed by atoms with Gasteiger partial charge in [-0.2, -0.15) is 4.31 Å². The molecule has 5 nitrogen and oxygen atoms in total. The van der Waals surface area contributed by atoms with E-state index in [1.54, 1.807) is 12.1 Å². The van der Waals surface area contributed by atoms with Gasteiger partial charge in [-0.3, -0.25) is 0 Å². The van der Waals surface area contributed by atoms with Gasteiger partial charge in [0.05, 0.1) is 18.6 Å². The molecule has 1 N–H and O–H groups in total. The minimum absolute atomic E-state index is 0.119. The van der Waals surface area contributed by atoms with E-state index in [4.69, 9.17) is 9.84 Å². The Bertz CT molecular complexity index is 470. The van der Waals surface area contributed by atoms with Gasteiger partial charge < -0.3 is 9.84 Å². The van der Waals surface area contributed by atoms with Gasteiger partial charge in [-0.15, -0.1) is 0 Å². The van der Waals surface area contributed by atoms with E-state index in [0.29, 0.717) is 12.3 Å². The number of hydrogen-bond donors (Lipinski definition) is 1. The first-order chi connectivity index (χ1) is 9.06. The molecule has 0 aliphatic rings. The normalized spacial score (nSPS) is 11.8. The van der Waals surface area contributed by atoms with Crippen molar-refractivity contribution in [2.45, 2.75) is 24.7 Å². The fourth-order valence-corrected chi connectivity index (χ4v) is 3.16. The number of aliphatic hydroxyl groups is 1. The lowest BCUT2D eigenvalue weighted by atomic mass is 10.3. The van der Waals surface area contributed by atoms with Crippen LogP contribution in [0.25, 0.3) is 0 Å². The highest BCUT2D eigenvalue weighted by Crippen LogP contribution is 2.19. The summed E-state index contributed by atoms with van der Waals surface area (Å²) >= 11 is 0. The number of methoxy groups -OCH3 is 1. The molecule has 0 unspecified atom stereocenters. The largest absolute Gasteiger partial charge is 0.497 e. The average molecular weight is 287 g/mol. The van der Waals surface area contributed by atoms with Crippen LogP contribution in [-0.4, -0.2) is 44.6 Å². The monoisotopic (exact) mass is 287 g/mol. The number of ether oxygens (including phenoxy) is 1. The summed E-state index contributed by atoms with van der Waals surface area (Å²) in [7, 11) is -2.01. The quantitative estimate of drug-likeness (QED) is 0.786. The Kier molecular flexibility index (Phi) is 6.27. The molecule has 108 valence electrons. The van der Waals surface area contributed by atoms with Crippen LogP contribution in [0, 0.1) is 0 Å². The summed E-state index contributed by atoms with van der Waals surface area (Å²) in [5.74, 6) is 0.612. The zero-order valence-electron chi connectivity index (χ0n) is 11.4. The zero-order valence-corrected chi connectivity index (χ0v) is 12.2. The summed E-state index contributed by atoms with van der Waals surface area (Å²) in [6.45, 7) is 2.36. The van der Waals surface area contributed by atoms with Crippen molar-refractivity contribution in [1.29, 1.82) is 0 Å². The van der Waals surface area contributed by atoms with E-state index in [0.717, 1.165) is 12.8 Å². The van der Waals surface area contributed by atoms with Gasteiger partial charge in [0, 0.05) is 13.1 Å². The average Bonchev–Trinajstić information content (AvgIpc) is 2.43. The molecule has 0 amide bonds. The van der Waals surface area contributed by atoms with Crippen LogP contribution < -0.4 is 4.74 Å². The molecule has 6 heteroatoms. The molecule has 0 aliphatic heterocycles. The highest BCUT2D eigenvalue weighted by molar-refractivity contribution is 7.89. The molecule has 0 saturated heterocycles. The van der Waals surface area contributed by atoms with Gasteiger partial charge in [0.1, 0.15) is 5.75 Å². The van der Waals surface area contributed by atoms with E-state index in [1.165, 1.54) is 23.5 Å². The van der Waals surface area contributed by atoms with E-state index >= 15 is 0 Å². The molecular weight excluding hydrogens is 266 g/mol. The van der Waals surface area contributed by atoms with Gasteiger partial charge in [0.25, 0.3) is 0 Å². The summed E-state index contributed by atoms with van der Waals surface area (Å²) in [5.41, 5.74) is 0. The molecule has 0 aromatic heterocycles. The van der Waals surface area contributed by atoms with Crippen LogP contribution in [0.2, 0.25) is 0 Å². The SMILES string of the molecule is CCCCN(CCO)S(=O)(=O)c1ccc(OC)cc1. The lowest BCUT2D eigenvalue weighted by Crippen LogP contribution is -2.34. The predicted octanol–water partition coefficient (Wildman–Crippen LogP) is 1.48. The van der Waals surface area contributed by atoms with E-state index < -0.39 is 10.0 Å². The Morgan fingerprint density at radius 3 is 2.32 bits per heavy atom. The van der Waals surface area contributed by atoms with E-state index in [9.17, 15) is 8.42 Å². The van der Waals surface area contributed by atoms with Crippen molar-refractivity contribution < 1.29 is 18.3 Å². The fraction of sp³-hybridized carbons (Fsp3) is 0.538.